The first-order chi connectivity index (χ1) is 4.63. The predicted molar refractivity (Wildman–Crippen MR) is 50.1 cm³/mol. The van der Waals surface area contributed by atoms with E-state index in [1.54, 1.807) is 6.20 Å². The van der Waals surface area contributed by atoms with Crippen LogP contribution in [0.25, 0.3) is 0 Å². The Bertz CT molecular complexity index is 232. The van der Waals surface area contributed by atoms with E-state index in [-0.39, 0.29) is 12.4 Å². The minimum absolute atomic E-state index is 0. The van der Waals surface area contributed by atoms with E-state index < -0.39 is 0 Å². The minimum atomic E-state index is 0. The Labute approximate surface area is 73.2 Å². The summed E-state index contributed by atoms with van der Waals surface area (Å²) in [6.07, 6.45) is 1.80. The summed E-state index contributed by atoms with van der Waals surface area (Å²) in [5.41, 5.74) is 9.78. The third-order valence-corrected chi connectivity index (χ3v) is 1.82. The van der Waals surface area contributed by atoms with Gasteiger partial charge in [0.25, 0.3) is 0 Å². The van der Waals surface area contributed by atoms with Crippen molar-refractivity contribution < 1.29 is 0 Å². The van der Waals surface area contributed by atoms with Gasteiger partial charge in [-0.05, 0) is 31.9 Å². The number of nitrogens with two attached hydrogens (primary N) is 1. The molecule has 2 nitrogen and oxygen atoms in total. The van der Waals surface area contributed by atoms with E-state index in [1.165, 1.54) is 0 Å². The van der Waals surface area contributed by atoms with Crippen molar-refractivity contribution in [2.45, 2.75) is 20.8 Å². The van der Waals surface area contributed by atoms with Crippen LogP contribution >= 0.6 is 12.4 Å². The maximum absolute atomic E-state index is 5.74. The number of nitrogens with zero attached hydrogens (tertiary/aromatic N) is 1. The highest BCUT2D eigenvalue weighted by molar-refractivity contribution is 5.85. The molecule has 0 bridgehead atoms. The fraction of sp³-hybridized carbons (Fsp3) is 0.375. The first-order valence-corrected chi connectivity index (χ1v) is 3.31. The molecule has 1 aromatic heterocycles. The average Bonchev–Trinajstić information content (AvgIpc) is 1.93. The molecule has 2 N–H and O–H groups in total. The van der Waals surface area contributed by atoms with Gasteiger partial charge in [0, 0.05) is 17.6 Å². The Balaban J connectivity index is 0.000001000. The molecule has 0 unspecified atom stereocenters. The van der Waals surface area contributed by atoms with E-state index in [9.17, 15) is 0 Å². The second-order valence-corrected chi connectivity index (χ2v) is 2.57. The molecule has 0 spiro atoms. The minimum Gasteiger partial charge on any atom is -0.398 e. The number of pyridine rings is 1. The molecular formula is C8H13ClN2. The van der Waals surface area contributed by atoms with Gasteiger partial charge < -0.3 is 5.73 Å². The lowest BCUT2D eigenvalue weighted by molar-refractivity contribution is 1.13. The van der Waals surface area contributed by atoms with E-state index in [0.717, 1.165) is 22.5 Å². The molecule has 0 radical (unpaired) electrons. The van der Waals surface area contributed by atoms with Gasteiger partial charge in [0.15, 0.2) is 0 Å². The van der Waals surface area contributed by atoms with Crippen LogP contribution < -0.4 is 5.73 Å². The normalized spacial score (nSPS) is 9.00. The van der Waals surface area contributed by atoms with Crippen molar-refractivity contribution in [3.8, 4) is 0 Å². The fourth-order valence-electron chi connectivity index (χ4n) is 0.851. The second kappa shape index (κ2) is 3.58. The quantitative estimate of drug-likeness (QED) is 0.650. The topological polar surface area (TPSA) is 38.9 Å². The molecule has 3 heteroatoms. The van der Waals surface area contributed by atoms with Gasteiger partial charge in [-0.3, -0.25) is 4.98 Å². The van der Waals surface area contributed by atoms with E-state index in [0.29, 0.717) is 0 Å². The third-order valence-electron chi connectivity index (χ3n) is 1.82. The number of rotatable bonds is 0. The number of aromatic nitrogens is 1. The van der Waals surface area contributed by atoms with Gasteiger partial charge in [0.05, 0.1) is 0 Å². The van der Waals surface area contributed by atoms with Crippen LogP contribution in [-0.4, -0.2) is 4.98 Å². The van der Waals surface area contributed by atoms with Crippen LogP contribution in [0.5, 0.6) is 0 Å². The van der Waals surface area contributed by atoms with Crippen molar-refractivity contribution in [3.63, 3.8) is 0 Å². The largest absolute Gasteiger partial charge is 0.398 e. The van der Waals surface area contributed by atoms with Crippen LogP contribution in [0.3, 0.4) is 0 Å². The Kier molecular flexibility index (Phi) is 3.33. The number of aryl methyl sites for hydroxylation is 2. The third kappa shape index (κ3) is 1.84. The Hall–Kier alpha value is -0.760. The van der Waals surface area contributed by atoms with Gasteiger partial charge in [-0.1, -0.05) is 0 Å². The lowest BCUT2D eigenvalue weighted by Gasteiger charge is -2.04. The van der Waals surface area contributed by atoms with E-state index in [2.05, 4.69) is 4.98 Å². The zero-order valence-electron chi connectivity index (χ0n) is 7.01. The van der Waals surface area contributed by atoms with Crippen LogP contribution in [0.15, 0.2) is 6.20 Å². The average molecular weight is 173 g/mol. The molecule has 0 aliphatic heterocycles. The maximum atomic E-state index is 5.74. The molecule has 0 amide bonds. The highest BCUT2D eigenvalue weighted by atomic mass is 35.5. The van der Waals surface area contributed by atoms with E-state index in [4.69, 9.17) is 5.73 Å². The van der Waals surface area contributed by atoms with Crippen molar-refractivity contribution in [3.05, 3.63) is 23.0 Å². The van der Waals surface area contributed by atoms with Gasteiger partial charge in [0.1, 0.15) is 0 Å². The van der Waals surface area contributed by atoms with Crippen LogP contribution in [-0.2, 0) is 0 Å². The SMILES string of the molecule is Cc1cnc(C)c(C)c1N.Cl. The van der Waals surface area contributed by atoms with Gasteiger partial charge in [-0.2, -0.15) is 0 Å². The molecule has 1 rings (SSSR count). The fourth-order valence-corrected chi connectivity index (χ4v) is 0.851. The zero-order chi connectivity index (χ0) is 7.72. The number of hydrogen-bond acceptors (Lipinski definition) is 2. The Morgan fingerprint density at radius 2 is 1.82 bits per heavy atom. The van der Waals surface area contributed by atoms with Gasteiger partial charge in [-0.25, -0.2) is 0 Å². The van der Waals surface area contributed by atoms with Crippen molar-refractivity contribution in [2.24, 2.45) is 0 Å². The molecular weight excluding hydrogens is 160 g/mol. The van der Waals surface area contributed by atoms with Crippen molar-refractivity contribution >= 4 is 18.1 Å². The van der Waals surface area contributed by atoms with Gasteiger partial charge in [-0.15, -0.1) is 12.4 Å². The second-order valence-electron chi connectivity index (χ2n) is 2.57. The predicted octanol–water partition coefficient (Wildman–Crippen LogP) is 2.01. The molecule has 0 saturated heterocycles. The molecule has 0 atom stereocenters. The first-order valence-electron chi connectivity index (χ1n) is 3.31. The van der Waals surface area contributed by atoms with Crippen molar-refractivity contribution in [1.29, 1.82) is 0 Å². The number of anilines is 1. The van der Waals surface area contributed by atoms with Crippen LogP contribution in [0.1, 0.15) is 16.8 Å². The van der Waals surface area contributed by atoms with E-state index in [1.807, 2.05) is 20.8 Å². The number of halogens is 1. The number of hydrogen-bond donors (Lipinski definition) is 1. The lowest BCUT2D eigenvalue weighted by Crippen LogP contribution is -1.97. The summed E-state index contributed by atoms with van der Waals surface area (Å²) in [6, 6.07) is 0. The maximum Gasteiger partial charge on any atom is 0.0422 e. The summed E-state index contributed by atoms with van der Waals surface area (Å²) in [5, 5.41) is 0. The van der Waals surface area contributed by atoms with Crippen molar-refractivity contribution in [1.82, 2.24) is 4.98 Å². The number of nitrogen functional groups attached to an aromatic ring is 1. The molecule has 11 heavy (non-hydrogen) atoms. The molecule has 0 aromatic carbocycles. The van der Waals surface area contributed by atoms with Crippen LogP contribution in [0.2, 0.25) is 0 Å². The molecule has 62 valence electrons. The van der Waals surface area contributed by atoms with Crippen LogP contribution in [0.4, 0.5) is 5.69 Å². The molecule has 0 fully saturated rings. The molecule has 1 heterocycles. The summed E-state index contributed by atoms with van der Waals surface area (Å²) >= 11 is 0. The summed E-state index contributed by atoms with van der Waals surface area (Å²) in [5.74, 6) is 0. The zero-order valence-corrected chi connectivity index (χ0v) is 7.83. The summed E-state index contributed by atoms with van der Waals surface area (Å²) in [6.45, 7) is 5.92. The molecule has 0 aliphatic rings. The smallest absolute Gasteiger partial charge is 0.0422 e. The van der Waals surface area contributed by atoms with Crippen molar-refractivity contribution in [2.75, 3.05) is 5.73 Å². The highest BCUT2D eigenvalue weighted by Gasteiger charge is 1.99. The first kappa shape index (κ1) is 10.2. The molecule has 1 aromatic rings. The summed E-state index contributed by atoms with van der Waals surface area (Å²) < 4.78 is 0. The summed E-state index contributed by atoms with van der Waals surface area (Å²) in [4.78, 5) is 4.16. The summed E-state index contributed by atoms with van der Waals surface area (Å²) in [7, 11) is 0. The standard InChI is InChI=1S/C8H12N2.ClH/c1-5-4-10-7(3)6(2)8(5)9;/h4H,1-3H3,(H2,9,10);1H. The van der Waals surface area contributed by atoms with Gasteiger partial charge in [0.2, 0.25) is 0 Å². The van der Waals surface area contributed by atoms with Crippen LogP contribution in [0, 0.1) is 20.8 Å². The highest BCUT2D eigenvalue weighted by Crippen LogP contribution is 2.16. The van der Waals surface area contributed by atoms with Gasteiger partial charge >= 0.3 is 0 Å². The monoisotopic (exact) mass is 172 g/mol. The molecule has 0 aliphatic carbocycles. The Morgan fingerprint density at radius 3 is 2.27 bits per heavy atom. The van der Waals surface area contributed by atoms with E-state index >= 15 is 0 Å². The Morgan fingerprint density at radius 1 is 1.27 bits per heavy atom. The lowest BCUT2D eigenvalue weighted by atomic mass is 10.1. The molecule has 0 saturated carbocycles.